The Hall–Kier alpha value is -1.07. The summed E-state index contributed by atoms with van der Waals surface area (Å²) < 4.78 is 6.71. The molecule has 1 aromatic heterocycles. The fourth-order valence-corrected chi connectivity index (χ4v) is 1.84. The van der Waals surface area contributed by atoms with Crippen molar-refractivity contribution in [2.24, 2.45) is 0 Å². The minimum absolute atomic E-state index is 0.0742. The third-order valence-electron chi connectivity index (χ3n) is 2.68. The number of aryl methyl sites for hydroxylation is 1. The van der Waals surface area contributed by atoms with Gasteiger partial charge in [-0.2, -0.15) is 5.10 Å². The summed E-state index contributed by atoms with van der Waals surface area (Å²) in [4.78, 5) is 12.0. The van der Waals surface area contributed by atoms with Crippen LogP contribution in [0.3, 0.4) is 0 Å². The highest BCUT2D eigenvalue weighted by Gasteiger charge is 2.11. The molecule has 108 valence electrons. The van der Waals surface area contributed by atoms with Crippen LogP contribution < -0.4 is 10.9 Å². The third-order valence-corrected chi connectivity index (χ3v) is 3.05. The molecule has 1 heterocycles. The number of ether oxygens (including phenoxy) is 1. The minimum atomic E-state index is -0.247. The van der Waals surface area contributed by atoms with E-state index in [2.05, 4.69) is 17.3 Å². The maximum atomic E-state index is 12.0. The lowest BCUT2D eigenvalue weighted by atomic mass is 10.3. The summed E-state index contributed by atoms with van der Waals surface area (Å²) in [6.45, 7) is 7.80. The zero-order chi connectivity index (χ0) is 14.3. The van der Waals surface area contributed by atoms with Crippen LogP contribution >= 0.6 is 11.6 Å². The molecule has 1 unspecified atom stereocenters. The molecule has 0 aliphatic rings. The maximum absolute atomic E-state index is 12.0. The molecule has 0 bridgehead atoms. The number of aromatic nitrogens is 2. The van der Waals surface area contributed by atoms with Gasteiger partial charge in [0.1, 0.15) is 5.02 Å². The van der Waals surface area contributed by atoms with Gasteiger partial charge in [-0.05, 0) is 20.3 Å². The van der Waals surface area contributed by atoms with Gasteiger partial charge in [0, 0.05) is 19.2 Å². The molecule has 0 fully saturated rings. The van der Waals surface area contributed by atoms with Crippen molar-refractivity contribution in [3.8, 4) is 0 Å². The average Bonchev–Trinajstić information content (AvgIpc) is 2.41. The molecule has 0 radical (unpaired) electrons. The van der Waals surface area contributed by atoms with E-state index in [9.17, 15) is 4.79 Å². The minimum Gasteiger partial charge on any atom is -0.380 e. The summed E-state index contributed by atoms with van der Waals surface area (Å²) in [5.41, 5.74) is 0.315. The first-order chi connectivity index (χ1) is 9.10. The molecule has 0 saturated carbocycles. The molecule has 5 nitrogen and oxygen atoms in total. The number of nitrogens with one attached hydrogen (secondary N) is 1. The van der Waals surface area contributed by atoms with E-state index in [0.717, 1.165) is 12.8 Å². The summed E-state index contributed by atoms with van der Waals surface area (Å²) in [7, 11) is 0. The first-order valence-corrected chi connectivity index (χ1v) is 7.07. The summed E-state index contributed by atoms with van der Waals surface area (Å²) in [6.07, 6.45) is 3.52. The van der Waals surface area contributed by atoms with Crippen molar-refractivity contribution in [3.05, 3.63) is 21.6 Å². The van der Waals surface area contributed by atoms with Crippen LogP contribution in [0.2, 0.25) is 5.02 Å². The van der Waals surface area contributed by atoms with Crippen molar-refractivity contribution in [3.63, 3.8) is 0 Å². The number of nitrogens with zero attached hydrogens (tertiary/aromatic N) is 2. The molecule has 0 aliphatic heterocycles. The molecule has 1 rings (SSSR count). The van der Waals surface area contributed by atoms with Gasteiger partial charge in [0.15, 0.2) is 0 Å². The van der Waals surface area contributed by atoms with Crippen LogP contribution in [0.5, 0.6) is 0 Å². The topological polar surface area (TPSA) is 56.1 Å². The van der Waals surface area contributed by atoms with E-state index < -0.39 is 0 Å². The second kappa shape index (κ2) is 8.17. The standard InChI is InChI=1S/C13H22ClN3O2/c1-4-6-7-17-13(18)12(14)11(8-15-17)16-10(3)9-19-5-2/h8,10,16H,4-7,9H2,1-3H3. The predicted molar refractivity (Wildman–Crippen MR) is 78.0 cm³/mol. The maximum Gasteiger partial charge on any atom is 0.287 e. The van der Waals surface area contributed by atoms with Gasteiger partial charge in [-0.3, -0.25) is 4.79 Å². The molecule has 0 aromatic carbocycles. The number of hydrogen-bond acceptors (Lipinski definition) is 4. The van der Waals surface area contributed by atoms with Crippen molar-refractivity contribution < 1.29 is 4.74 Å². The van der Waals surface area contributed by atoms with Crippen molar-refractivity contribution in [1.29, 1.82) is 0 Å². The quantitative estimate of drug-likeness (QED) is 0.798. The first-order valence-electron chi connectivity index (χ1n) is 6.70. The fraction of sp³-hybridized carbons (Fsp3) is 0.692. The number of halogens is 1. The fourth-order valence-electron chi connectivity index (χ4n) is 1.63. The number of rotatable bonds is 8. The van der Waals surface area contributed by atoms with Crippen LogP contribution in [0.4, 0.5) is 5.69 Å². The molecule has 1 N–H and O–H groups in total. The van der Waals surface area contributed by atoms with Gasteiger partial charge in [-0.15, -0.1) is 0 Å². The normalized spacial score (nSPS) is 12.4. The molecule has 1 aromatic rings. The van der Waals surface area contributed by atoms with Gasteiger partial charge in [0.05, 0.1) is 18.5 Å². The van der Waals surface area contributed by atoms with Crippen molar-refractivity contribution in [2.75, 3.05) is 18.5 Å². The van der Waals surface area contributed by atoms with E-state index >= 15 is 0 Å². The van der Waals surface area contributed by atoms with Gasteiger partial charge in [0.25, 0.3) is 5.56 Å². The molecule has 0 spiro atoms. The highest BCUT2D eigenvalue weighted by Crippen LogP contribution is 2.16. The van der Waals surface area contributed by atoms with Gasteiger partial charge < -0.3 is 10.1 Å². The van der Waals surface area contributed by atoms with Gasteiger partial charge in [-0.1, -0.05) is 24.9 Å². The second-order valence-corrected chi connectivity index (χ2v) is 4.84. The van der Waals surface area contributed by atoms with Crippen LogP contribution in [-0.2, 0) is 11.3 Å². The Bertz CT molecular complexity index is 448. The van der Waals surface area contributed by atoms with Crippen LogP contribution in [0, 0.1) is 0 Å². The van der Waals surface area contributed by atoms with Gasteiger partial charge in [-0.25, -0.2) is 4.68 Å². The molecule has 0 saturated heterocycles. The molecule has 19 heavy (non-hydrogen) atoms. The second-order valence-electron chi connectivity index (χ2n) is 4.46. The zero-order valence-corrected chi connectivity index (χ0v) is 12.5. The first kappa shape index (κ1) is 16.0. The van der Waals surface area contributed by atoms with Crippen LogP contribution in [0.15, 0.2) is 11.0 Å². The largest absolute Gasteiger partial charge is 0.380 e. The lowest BCUT2D eigenvalue weighted by Gasteiger charge is -2.16. The zero-order valence-electron chi connectivity index (χ0n) is 11.8. The lowest BCUT2D eigenvalue weighted by molar-refractivity contribution is 0.141. The average molecular weight is 288 g/mol. The van der Waals surface area contributed by atoms with E-state index in [0.29, 0.717) is 25.4 Å². The Morgan fingerprint density at radius 2 is 2.26 bits per heavy atom. The van der Waals surface area contributed by atoms with Crippen LogP contribution in [-0.4, -0.2) is 29.0 Å². The molecule has 6 heteroatoms. The Labute approximate surface area is 118 Å². The van der Waals surface area contributed by atoms with Crippen LogP contribution in [0.1, 0.15) is 33.6 Å². The third kappa shape index (κ3) is 4.84. The van der Waals surface area contributed by atoms with Crippen molar-refractivity contribution in [2.45, 2.75) is 46.2 Å². The van der Waals surface area contributed by atoms with Crippen LogP contribution in [0.25, 0.3) is 0 Å². The molecule has 0 aliphatic carbocycles. The summed E-state index contributed by atoms with van der Waals surface area (Å²) >= 11 is 6.08. The monoisotopic (exact) mass is 287 g/mol. The van der Waals surface area contributed by atoms with Gasteiger partial charge >= 0.3 is 0 Å². The van der Waals surface area contributed by atoms with E-state index in [-0.39, 0.29) is 16.6 Å². The Kier molecular flexibility index (Phi) is 6.87. The van der Waals surface area contributed by atoms with E-state index in [1.54, 1.807) is 6.20 Å². The summed E-state index contributed by atoms with van der Waals surface area (Å²) in [5, 5.41) is 7.45. The molecular weight excluding hydrogens is 266 g/mol. The van der Waals surface area contributed by atoms with E-state index in [1.807, 2.05) is 13.8 Å². The Morgan fingerprint density at radius 1 is 1.53 bits per heavy atom. The Balaban J connectivity index is 2.75. The Morgan fingerprint density at radius 3 is 2.89 bits per heavy atom. The van der Waals surface area contributed by atoms with E-state index in [1.165, 1.54) is 4.68 Å². The predicted octanol–water partition coefficient (Wildman–Crippen LogP) is 2.53. The highest BCUT2D eigenvalue weighted by molar-refractivity contribution is 6.32. The van der Waals surface area contributed by atoms with Crippen molar-refractivity contribution in [1.82, 2.24) is 9.78 Å². The smallest absolute Gasteiger partial charge is 0.287 e. The summed E-state index contributed by atoms with van der Waals surface area (Å²) in [6, 6.07) is 0.0742. The highest BCUT2D eigenvalue weighted by atomic mass is 35.5. The number of unbranched alkanes of at least 4 members (excludes halogenated alkanes) is 1. The number of hydrogen-bond donors (Lipinski definition) is 1. The number of anilines is 1. The molecule has 0 amide bonds. The van der Waals surface area contributed by atoms with Crippen molar-refractivity contribution >= 4 is 17.3 Å². The lowest BCUT2D eigenvalue weighted by Crippen LogP contribution is -2.27. The van der Waals surface area contributed by atoms with E-state index in [4.69, 9.17) is 16.3 Å². The molecule has 1 atom stereocenters. The summed E-state index contributed by atoms with van der Waals surface area (Å²) in [5.74, 6) is 0. The SMILES string of the molecule is CCCCn1ncc(NC(C)COCC)c(Cl)c1=O. The van der Waals surface area contributed by atoms with Gasteiger partial charge in [0.2, 0.25) is 0 Å². The molecular formula is C13H22ClN3O2.